The molecule has 10 nitrogen and oxygen atoms in total. The minimum Gasteiger partial charge on any atom is -0.496 e. The van der Waals surface area contributed by atoms with Crippen LogP contribution in [0.25, 0.3) is 0 Å². The number of hydrogen-bond acceptors (Lipinski definition) is 7. The van der Waals surface area contributed by atoms with E-state index in [0.29, 0.717) is 12.1 Å². The number of sulfone groups is 1. The zero-order chi connectivity index (χ0) is 39.0. The van der Waals surface area contributed by atoms with Crippen LogP contribution in [0.5, 0.6) is 5.75 Å². The van der Waals surface area contributed by atoms with Crippen molar-refractivity contribution in [3.63, 3.8) is 0 Å². The Balaban J connectivity index is 1.56. The first kappa shape index (κ1) is 39.3. The van der Waals surface area contributed by atoms with Gasteiger partial charge in [-0.15, -0.1) is 0 Å². The molecule has 2 aliphatic rings. The van der Waals surface area contributed by atoms with Gasteiger partial charge in [-0.3, -0.25) is 4.79 Å². The van der Waals surface area contributed by atoms with Gasteiger partial charge in [-0.2, -0.15) is 31.6 Å². The molecule has 0 aromatic heterocycles. The molecule has 1 atom stereocenters. The van der Waals surface area contributed by atoms with Gasteiger partial charge in [-0.05, 0) is 48.4 Å². The van der Waals surface area contributed by atoms with Gasteiger partial charge in [0.2, 0.25) is 5.91 Å². The number of urea groups is 1. The van der Waals surface area contributed by atoms with Crippen LogP contribution >= 0.6 is 0 Å². The van der Waals surface area contributed by atoms with E-state index in [9.17, 15) is 48.7 Å². The highest BCUT2D eigenvalue weighted by Crippen LogP contribution is 2.54. The predicted octanol–water partition coefficient (Wildman–Crippen LogP) is 5.90. The van der Waals surface area contributed by atoms with Crippen LogP contribution in [0.2, 0.25) is 0 Å². The third-order valence-corrected chi connectivity index (χ3v) is 12.1. The Hall–Kier alpha value is -4.89. The zero-order valence-electron chi connectivity index (χ0n) is 28.3. The summed E-state index contributed by atoms with van der Waals surface area (Å²) in [4.78, 5) is 29.1. The Morgan fingerprint density at radius 3 is 1.96 bits per heavy atom. The van der Waals surface area contributed by atoms with E-state index in [1.807, 2.05) is 0 Å². The smallest absolute Gasteiger partial charge is 0.430 e. The molecule has 3 aromatic rings. The first-order valence-corrected chi connectivity index (χ1v) is 17.5. The lowest BCUT2D eigenvalue weighted by atomic mass is 9.88. The van der Waals surface area contributed by atoms with E-state index in [1.54, 1.807) is 6.07 Å². The molecule has 0 aliphatic carbocycles. The molecule has 3 amide bonds. The lowest BCUT2D eigenvalue weighted by molar-refractivity contribution is -0.392. The van der Waals surface area contributed by atoms with Crippen LogP contribution in [0.3, 0.4) is 0 Å². The van der Waals surface area contributed by atoms with Gasteiger partial charge < -0.3 is 24.2 Å². The number of methoxy groups -OCH3 is 1. The Morgan fingerprint density at radius 2 is 1.43 bits per heavy atom. The Bertz CT molecular complexity index is 1980. The lowest BCUT2D eigenvalue weighted by Gasteiger charge is -2.38. The molecule has 53 heavy (non-hydrogen) atoms. The van der Waals surface area contributed by atoms with E-state index in [4.69, 9.17) is 14.7 Å². The fourth-order valence-corrected chi connectivity index (χ4v) is 8.75. The van der Waals surface area contributed by atoms with Crippen molar-refractivity contribution in [3.8, 4) is 11.8 Å². The second-order valence-electron chi connectivity index (χ2n) is 12.6. The maximum Gasteiger partial charge on any atom is 0.430 e. The average Bonchev–Trinajstić information content (AvgIpc) is 3.58. The molecule has 0 unspecified atom stereocenters. The number of benzene rings is 3. The summed E-state index contributed by atoms with van der Waals surface area (Å²) >= 11 is 0. The van der Waals surface area contributed by atoms with Crippen LogP contribution in [-0.4, -0.2) is 93.8 Å². The molecule has 2 fully saturated rings. The highest BCUT2D eigenvalue weighted by atomic mass is 32.2. The molecule has 2 aliphatic heterocycles. The van der Waals surface area contributed by atoms with E-state index < -0.39 is 63.1 Å². The van der Waals surface area contributed by atoms with E-state index >= 15 is 0 Å². The van der Waals surface area contributed by atoms with Crippen LogP contribution in [0.4, 0.5) is 35.5 Å². The molecule has 2 saturated heterocycles. The number of piperazine rings is 1. The summed E-state index contributed by atoms with van der Waals surface area (Å²) in [7, 11) is -3.48. The number of ether oxygens (including phenoxy) is 2. The topological polar surface area (TPSA) is 120 Å². The number of halogens is 7. The van der Waals surface area contributed by atoms with Crippen molar-refractivity contribution in [1.29, 1.82) is 5.26 Å². The largest absolute Gasteiger partial charge is 0.496 e. The Morgan fingerprint density at radius 1 is 0.849 bits per heavy atom. The molecule has 0 N–H and O–H groups in total. The fourth-order valence-electron chi connectivity index (χ4n) is 6.67. The van der Waals surface area contributed by atoms with E-state index in [2.05, 4.69) is 0 Å². The van der Waals surface area contributed by atoms with Crippen LogP contribution in [0.15, 0.2) is 71.6 Å². The van der Waals surface area contributed by atoms with Gasteiger partial charge in [0.25, 0.3) is 5.60 Å². The Kier molecular flexibility index (Phi) is 10.8. The second-order valence-corrected chi connectivity index (χ2v) is 14.8. The highest BCUT2D eigenvalue weighted by Gasteiger charge is 2.73. The SMILES string of the molecule is COc1cc(C#N)ccc1COC(c1ccc([C@]2(S(=O)(=O)c3ccc(F)cc3)CCN(C(=O)N3CCN(C(C)=O)CC3)C2)cc1)(C(F)(F)F)C(F)(F)F. The monoisotopic (exact) mass is 770 g/mol. The van der Waals surface area contributed by atoms with Gasteiger partial charge >= 0.3 is 18.4 Å². The van der Waals surface area contributed by atoms with Gasteiger partial charge in [0, 0.05) is 57.3 Å². The van der Waals surface area contributed by atoms with Crippen molar-refractivity contribution in [2.24, 2.45) is 0 Å². The number of amides is 3. The maximum atomic E-state index is 14.7. The summed E-state index contributed by atoms with van der Waals surface area (Å²) < 4.78 is 139. The van der Waals surface area contributed by atoms with Crippen LogP contribution < -0.4 is 4.74 Å². The van der Waals surface area contributed by atoms with E-state index in [1.165, 1.54) is 27.7 Å². The second kappa shape index (κ2) is 14.5. The van der Waals surface area contributed by atoms with Gasteiger partial charge in [0.1, 0.15) is 16.3 Å². The molecule has 0 bridgehead atoms. The predicted molar refractivity (Wildman–Crippen MR) is 173 cm³/mol. The van der Waals surface area contributed by atoms with Gasteiger partial charge in [0.15, 0.2) is 9.84 Å². The van der Waals surface area contributed by atoms with Crippen LogP contribution in [0.1, 0.15) is 35.6 Å². The molecule has 284 valence electrons. The zero-order valence-corrected chi connectivity index (χ0v) is 29.1. The molecule has 5 rings (SSSR count). The molecule has 0 radical (unpaired) electrons. The van der Waals surface area contributed by atoms with Crippen LogP contribution in [0, 0.1) is 17.1 Å². The standard InChI is InChI=1S/C35H33F7N4O6S/c1-23(47)44-15-17-45(18-16-44)31(48)46-14-13-32(22-46,53(49,50)29-11-9-28(36)10-12-29)26-5-7-27(8-6-26)33(34(37,38)39,35(40,41)42)52-21-25-4-3-24(20-43)19-30(25)51-2/h3-12,19H,13-18,21-22H2,1-2H3/t32-/m0/s1. The van der Waals surface area contributed by atoms with Crippen molar-refractivity contribution >= 4 is 21.8 Å². The summed E-state index contributed by atoms with van der Waals surface area (Å²) in [6, 6.07) is 11.0. The maximum absolute atomic E-state index is 14.7. The average molecular weight is 771 g/mol. The molecule has 0 spiro atoms. The first-order chi connectivity index (χ1) is 24.8. The molecular formula is C35H33F7N4O6S. The quantitative estimate of drug-likeness (QED) is 0.207. The number of alkyl halides is 6. The number of carbonyl (C=O) groups is 2. The number of nitriles is 1. The molecule has 3 aromatic carbocycles. The van der Waals surface area contributed by atoms with Crippen molar-refractivity contribution in [2.75, 3.05) is 46.4 Å². The van der Waals surface area contributed by atoms with E-state index in [0.717, 1.165) is 55.6 Å². The number of likely N-dealkylation sites (tertiary alicyclic amines) is 1. The molecular weight excluding hydrogens is 737 g/mol. The summed E-state index contributed by atoms with van der Waals surface area (Å²) in [6.45, 7) is 0.194. The molecule has 2 heterocycles. The summed E-state index contributed by atoms with van der Waals surface area (Å²) in [6.07, 6.45) is -12.5. The highest BCUT2D eigenvalue weighted by molar-refractivity contribution is 7.92. The lowest BCUT2D eigenvalue weighted by Crippen LogP contribution is -2.56. The number of rotatable bonds is 8. The third-order valence-electron chi connectivity index (χ3n) is 9.61. The first-order valence-electron chi connectivity index (χ1n) is 16.1. The summed E-state index contributed by atoms with van der Waals surface area (Å²) in [5.41, 5.74) is -6.71. The van der Waals surface area contributed by atoms with Crippen molar-refractivity contribution in [3.05, 3.63) is 94.8 Å². The number of nitrogens with zero attached hydrogens (tertiary/aromatic N) is 4. The van der Waals surface area contributed by atoms with Gasteiger partial charge in [-0.1, -0.05) is 30.3 Å². The van der Waals surface area contributed by atoms with Gasteiger partial charge in [-0.25, -0.2) is 17.6 Å². The molecule has 0 saturated carbocycles. The van der Waals surface area contributed by atoms with Crippen molar-refractivity contribution in [2.45, 2.75) is 47.5 Å². The number of hydrogen-bond donors (Lipinski definition) is 0. The van der Waals surface area contributed by atoms with Crippen LogP contribution in [-0.2, 0) is 36.3 Å². The minimum atomic E-state index is -6.09. The van der Waals surface area contributed by atoms with Gasteiger partial charge in [0.05, 0.1) is 30.2 Å². The Labute approximate surface area is 300 Å². The summed E-state index contributed by atoms with van der Waals surface area (Å²) in [5.74, 6) is -1.14. The summed E-state index contributed by atoms with van der Waals surface area (Å²) in [5, 5.41) is 9.12. The van der Waals surface area contributed by atoms with E-state index in [-0.39, 0.29) is 72.4 Å². The minimum absolute atomic E-state index is 0.0337. The van der Waals surface area contributed by atoms with Crippen molar-refractivity contribution in [1.82, 2.24) is 14.7 Å². The molecule has 18 heteroatoms. The third kappa shape index (κ3) is 7.11. The normalized spacial score (nSPS) is 18.5. The number of carbonyl (C=O) groups excluding carboxylic acids is 2. The van der Waals surface area contributed by atoms with Crippen molar-refractivity contribution < 1.29 is 58.2 Å². The fraction of sp³-hybridized carbons (Fsp3) is 0.400.